The van der Waals surface area contributed by atoms with Crippen molar-refractivity contribution in [3.63, 3.8) is 0 Å². The van der Waals surface area contributed by atoms with Gasteiger partial charge in [-0.2, -0.15) is 0 Å². The molecule has 1 saturated carbocycles. The molecule has 3 heteroatoms. The van der Waals surface area contributed by atoms with Crippen molar-refractivity contribution >= 4 is 5.91 Å². The van der Waals surface area contributed by atoms with Crippen molar-refractivity contribution < 1.29 is 9.90 Å². The Morgan fingerprint density at radius 3 is 2.56 bits per heavy atom. The van der Waals surface area contributed by atoms with E-state index in [1.807, 2.05) is 37.4 Å². The standard InChI is InChI=1S/C13H17NO2/c1-14(9-10-7-12(15)8-10)13(16)11-5-3-2-4-6-11/h2-6,10,12,15H,7-9H2,1H3. The van der Waals surface area contributed by atoms with Gasteiger partial charge in [-0.1, -0.05) is 18.2 Å². The molecule has 0 unspecified atom stereocenters. The van der Waals surface area contributed by atoms with Gasteiger partial charge in [-0.15, -0.1) is 0 Å². The topological polar surface area (TPSA) is 40.5 Å². The number of rotatable bonds is 3. The van der Waals surface area contributed by atoms with Gasteiger partial charge in [0.05, 0.1) is 6.10 Å². The Labute approximate surface area is 95.7 Å². The first-order valence-electron chi connectivity index (χ1n) is 5.65. The molecule has 0 saturated heterocycles. The number of amides is 1. The fourth-order valence-electron chi connectivity index (χ4n) is 2.12. The fourth-order valence-corrected chi connectivity index (χ4v) is 2.12. The Bertz CT molecular complexity index is 357. The maximum atomic E-state index is 12.0. The van der Waals surface area contributed by atoms with Crippen LogP contribution in [0.2, 0.25) is 0 Å². The van der Waals surface area contributed by atoms with Gasteiger partial charge in [0.2, 0.25) is 0 Å². The predicted molar refractivity (Wildman–Crippen MR) is 62.1 cm³/mol. The molecule has 0 spiro atoms. The van der Waals surface area contributed by atoms with Crippen LogP contribution in [0.4, 0.5) is 0 Å². The van der Waals surface area contributed by atoms with Crippen molar-refractivity contribution in [3.8, 4) is 0 Å². The molecule has 3 nitrogen and oxygen atoms in total. The second kappa shape index (κ2) is 4.66. The van der Waals surface area contributed by atoms with Crippen LogP contribution in [0.3, 0.4) is 0 Å². The highest BCUT2D eigenvalue weighted by molar-refractivity contribution is 5.93. The summed E-state index contributed by atoms with van der Waals surface area (Å²) in [5.41, 5.74) is 0.727. The third kappa shape index (κ3) is 2.42. The number of aliphatic hydroxyl groups excluding tert-OH is 1. The highest BCUT2D eigenvalue weighted by atomic mass is 16.3. The van der Waals surface area contributed by atoms with E-state index in [-0.39, 0.29) is 12.0 Å². The van der Waals surface area contributed by atoms with Crippen molar-refractivity contribution in [2.45, 2.75) is 18.9 Å². The van der Waals surface area contributed by atoms with Gasteiger partial charge in [0.1, 0.15) is 0 Å². The van der Waals surface area contributed by atoms with Gasteiger partial charge in [-0.3, -0.25) is 4.79 Å². The van der Waals surface area contributed by atoms with Gasteiger partial charge < -0.3 is 10.0 Å². The van der Waals surface area contributed by atoms with Crippen molar-refractivity contribution in [2.75, 3.05) is 13.6 Å². The molecule has 1 N–H and O–H groups in total. The lowest BCUT2D eigenvalue weighted by Gasteiger charge is -2.34. The lowest BCUT2D eigenvalue weighted by Crippen LogP contribution is -2.39. The first kappa shape index (κ1) is 11.1. The van der Waals surface area contributed by atoms with E-state index >= 15 is 0 Å². The van der Waals surface area contributed by atoms with Crippen LogP contribution >= 0.6 is 0 Å². The number of benzene rings is 1. The van der Waals surface area contributed by atoms with Crippen LogP contribution in [0.25, 0.3) is 0 Å². The average molecular weight is 219 g/mol. The molecule has 0 heterocycles. The number of hydrogen-bond donors (Lipinski definition) is 1. The molecule has 1 amide bonds. The molecule has 1 aromatic carbocycles. The lowest BCUT2D eigenvalue weighted by atomic mass is 9.82. The van der Waals surface area contributed by atoms with Crippen LogP contribution < -0.4 is 0 Å². The molecule has 16 heavy (non-hydrogen) atoms. The summed E-state index contributed by atoms with van der Waals surface area (Å²) in [6.45, 7) is 0.741. The highest BCUT2D eigenvalue weighted by Gasteiger charge is 2.29. The Balaban J connectivity index is 1.90. The molecule has 0 atom stereocenters. The van der Waals surface area contributed by atoms with Crippen molar-refractivity contribution in [1.29, 1.82) is 0 Å². The number of carbonyl (C=O) groups excluding carboxylic acids is 1. The fraction of sp³-hybridized carbons (Fsp3) is 0.462. The first-order chi connectivity index (χ1) is 7.66. The number of hydrogen-bond acceptors (Lipinski definition) is 2. The third-order valence-electron chi connectivity index (χ3n) is 3.11. The molecule has 0 aliphatic heterocycles. The lowest BCUT2D eigenvalue weighted by molar-refractivity contribution is 0.0265. The number of nitrogens with zero attached hydrogens (tertiary/aromatic N) is 1. The third-order valence-corrected chi connectivity index (χ3v) is 3.11. The molecule has 2 rings (SSSR count). The maximum absolute atomic E-state index is 12.0. The predicted octanol–water partition coefficient (Wildman–Crippen LogP) is 1.53. The normalized spacial score (nSPS) is 23.6. The van der Waals surface area contributed by atoms with E-state index in [2.05, 4.69) is 0 Å². The SMILES string of the molecule is CN(CC1CC(O)C1)C(=O)c1ccccc1. The molecule has 1 aromatic rings. The zero-order valence-corrected chi connectivity index (χ0v) is 9.47. The smallest absolute Gasteiger partial charge is 0.253 e. The zero-order chi connectivity index (χ0) is 11.5. The minimum absolute atomic E-state index is 0.0574. The van der Waals surface area contributed by atoms with Crippen LogP contribution in [0.15, 0.2) is 30.3 Å². The van der Waals surface area contributed by atoms with E-state index in [0.29, 0.717) is 5.92 Å². The average Bonchev–Trinajstić information content (AvgIpc) is 2.27. The summed E-state index contributed by atoms with van der Waals surface area (Å²) in [6.07, 6.45) is 1.50. The van der Waals surface area contributed by atoms with E-state index in [9.17, 15) is 9.90 Å². The summed E-state index contributed by atoms with van der Waals surface area (Å²) in [5.74, 6) is 0.523. The summed E-state index contributed by atoms with van der Waals surface area (Å²) in [6, 6.07) is 9.30. The van der Waals surface area contributed by atoms with Crippen LogP contribution in [0.1, 0.15) is 23.2 Å². The van der Waals surface area contributed by atoms with Crippen LogP contribution in [-0.4, -0.2) is 35.6 Å². The summed E-state index contributed by atoms with van der Waals surface area (Å²) in [7, 11) is 1.82. The van der Waals surface area contributed by atoms with E-state index in [4.69, 9.17) is 0 Å². The minimum Gasteiger partial charge on any atom is -0.393 e. The van der Waals surface area contributed by atoms with Crippen molar-refractivity contribution in [1.82, 2.24) is 4.90 Å². The molecule has 0 radical (unpaired) electrons. The molecule has 86 valence electrons. The molecule has 0 bridgehead atoms. The van der Waals surface area contributed by atoms with Gasteiger partial charge in [0.15, 0.2) is 0 Å². The van der Waals surface area contributed by atoms with Crippen LogP contribution in [0.5, 0.6) is 0 Å². The molecule has 1 fully saturated rings. The van der Waals surface area contributed by atoms with Gasteiger partial charge in [0, 0.05) is 19.2 Å². The highest BCUT2D eigenvalue weighted by Crippen LogP contribution is 2.27. The van der Waals surface area contributed by atoms with Crippen molar-refractivity contribution in [3.05, 3.63) is 35.9 Å². The largest absolute Gasteiger partial charge is 0.393 e. The maximum Gasteiger partial charge on any atom is 0.253 e. The number of aliphatic hydroxyl groups is 1. The Morgan fingerprint density at radius 1 is 1.38 bits per heavy atom. The minimum atomic E-state index is -0.148. The van der Waals surface area contributed by atoms with Crippen LogP contribution in [-0.2, 0) is 0 Å². The molecule has 1 aliphatic carbocycles. The van der Waals surface area contributed by atoms with E-state index in [1.165, 1.54) is 0 Å². The number of carbonyl (C=O) groups is 1. The Kier molecular flexibility index (Phi) is 3.25. The van der Waals surface area contributed by atoms with E-state index in [1.54, 1.807) is 4.90 Å². The van der Waals surface area contributed by atoms with Crippen LogP contribution in [0, 0.1) is 5.92 Å². The Morgan fingerprint density at radius 2 is 2.00 bits per heavy atom. The van der Waals surface area contributed by atoms with Gasteiger partial charge in [-0.05, 0) is 30.9 Å². The summed E-state index contributed by atoms with van der Waals surface area (Å²) < 4.78 is 0. The van der Waals surface area contributed by atoms with E-state index in [0.717, 1.165) is 24.9 Å². The van der Waals surface area contributed by atoms with E-state index < -0.39 is 0 Å². The summed E-state index contributed by atoms with van der Waals surface area (Å²) in [5, 5.41) is 9.18. The second-order valence-corrected chi connectivity index (χ2v) is 4.54. The first-order valence-corrected chi connectivity index (χ1v) is 5.65. The summed E-state index contributed by atoms with van der Waals surface area (Å²) >= 11 is 0. The van der Waals surface area contributed by atoms with Gasteiger partial charge in [0.25, 0.3) is 5.91 Å². The molecular weight excluding hydrogens is 202 g/mol. The van der Waals surface area contributed by atoms with Crippen molar-refractivity contribution in [2.24, 2.45) is 5.92 Å². The summed E-state index contributed by atoms with van der Waals surface area (Å²) in [4.78, 5) is 13.7. The zero-order valence-electron chi connectivity index (χ0n) is 9.47. The monoisotopic (exact) mass is 219 g/mol. The molecule has 0 aromatic heterocycles. The Hall–Kier alpha value is -1.35. The van der Waals surface area contributed by atoms with Gasteiger partial charge >= 0.3 is 0 Å². The second-order valence-electron chi connectivity index (χ2n) is 4.54. The quantitative estimate of drug-likeness (QED) is 0.837. The molecular formula is C13H17NO2. The molecule has 1 aliphatic rings. The van der Waals surface area contributed by atoms with Gasteiger partial charge in [-0.25, -0.2) is 0 Å².